The number of hydrogen-bond acceptors (Lipinski definition) is 6. The molecule has 0 saturated carbocycles. The molecule has 2 N–H and O–H groups in total. The Bertz CT molecular complexity index is 437. The number of nitrogens with zero attached hydrogens (tertiary/aromatic N) is 3. The zero-order valence-electron chi connectivity index (χ0n) is 9.25. The topological polar surface area (TPSA) is 55.0 Å². The smallest absolute Gasteiger partial charge is 0.233 e. The number of aromatic nitrogens is 2. The number of nitrogen functional groups attached to an aromatic ring is 1. The lowest BCUT2D eigenvalue weighted by Gasteiger charge is -2.23. The molecule has 16 heavy (non-hydrogen) atoms. The van der Waals surface area contributed by atoms with Gasteiger partial charge in [-0.15, -0.1) is 11.3 Å². The Balaban J connectivity index is 2.02. The molecule has 0 bridgehead atoms. The first-order valence-corrected chi connectivity index (χ1v) is 6.66. The minimum absolute atomic E-state index is 0.357. The average molecular weight is 254 g/mol. The summed E-state index contributed by atoms with van der Waals surface area (Å²) in [4.78, 5) is 7.68. The molecule has 1 unspecified atom stereocenters. The van der Waals surface area contributed by atoms with Gasteiger partial charge >= 0.3 is 0 Å². The van der Waals surface area contributed by atoms with Gasteiger partial charge < -0.3 is 10.6 Å². The molecule has 0 saturated heterocycles. The Morgan fingerprint density at radius 1 is 1.56 bits per heavy atom. The number of nitrogens with two attached hydrogens (primary N) is 1. The third-order valence-corrected chi connectivity index (χ3v) is 4.19. The molecule has 0 radical (unpaired) electrons. The average Bonchev–Trinajstić information content (AvgIpc) is 2.88. The van der Waals surface area contributed by atoms with Crippen LogP contribution in [0, 0.1) is 0 Å². The number of thiophene rings is 1. The second-order valence-corrected chi connectivity index (χ2v) is 5.44. The first-order valence-electron chi connectivity index (χ1n) is 5.01. The second kappa shape index (κ2) is 4.80. The van der Waals surface area contributed by atoms with Crippen LogP contribution >= 0.6 is 22.9 Å². The first kappa shape index (κ1) is 11.3. The molecule has 1 atom stereocenters. The Labute approximate surface area is 103 Å². The number of rotatable bonds is 4. The number of anilines is 2. The SMILES string of the molecule is CC(Cc1cccs1)N(C)c1nc(N)ns1. The summed E-state index contributed by atoms with van der Waals surface area (Å²) in [6.07, 6.45) is 1.02. The van der Waals surface area contributed by atoms with Crippen LogP contribution in [0.25, 0.3) is 0 Å². The molecule has 0 fully saturated rings. The van der Waals surface area contributed by atoms with E-state index < -0.39 is 0 Å². The molecule has 0 aliphatic heterocycles. The molecule has 0 aliphatic rings. The highest BCUT2D eigenvalue weighted by molar-refractivity contribution is 7.10. The highest BCUT2D eigenvalue weighted by Crippen LogP contribution is 2.21. The van der Waals surface area contributed by atoms with Crippen molar-refractivity contribution in [3.8, 4) is 0 Å². The standard InChI is InChI=1S/C10H14N4S2/c1-7(6-8-4-3-5-15-8)14(2)10-12-9(11)13-16-10/h3-5,7H,6H2,1-2H3,(H2,11,13). The summed E-state index contributed by atoms with van der Waals surface area (Å²) in [7, 11) is 2.03. The molecular formula is C10H14N4S2. The highest BCUT2D eigenvalue weighted by Gasteiger charge is 2.14. The largest absolute Gasteiger partial charge is 0.367 e. The van der Waals surface area contributed by atoms with Crippen LogP contribution in [-0.2, 0) is 6.42 Å². The number of hydrogen-bond donors (Lipinski definition) is 1. The zero-order chi connectivity index (χ0) is 11.5. The minimum Gasteiger partial charge on any atom is -0.367 e. The molecule has 6 heteroatoms. The summed E-state index contributed by atoms with van der Waals surface area (Å²) in [5.41, 5.74) is 5.52. The Morgan fingerprint density at radius 3 is 2.94 bits per heavy atom. The van der Waals surface area contributed by atoms with Crippen molar-refractivity contribution >= 4 is 33.9 Å². The molecule has 4 nitrogen and oxygen atoms in total. The van der Waals surface area contributed by atoms with E-state index in [9.17, 15) is 0 Å². The maximum absolute atomic E-state index is 5.52. The maximum atomic E-state index is 5.52. The minimum atomic E-state index is 0.357. The molecule has 86 valence electrons. The summed E-state index contributed by atoms with van der Waals surface area (Å²) >= 11 is 3.13. The van der Waals surface area contributed by atoms with Crippen LogP contribution in [0.5, 0.6) is 0 Å². The third kappa shape index (κ3) is 2.51. The van der Waals surface area contributed by atoms with E-state index in [0.29, 0.717) is 12.0 Å². The molecule has 0 aromatic carbocycles. The lowest BCUT2D eigenvalue weighted by molar-refractivity contribution is 0.686. The highest BCUT2D eigenvalue weighted by atomic mass is 32.1. The van der Waals surface area contributed by atoms with E-state index in [0.717, 1.165) is 11.6 Å². The first-order chi connectivity index (χ1) is 7.66. The zero-order valence-corrected chi connectivity index (χ0v) is 10.9. The van der Waals surface area contributed by atoms with Gasteiger partial charge in [-0.3, -0.25) is 0 Å². The van der Waals surface area contributed by atoms with Crippen molar-refractivity contribution in [2.24, 2.45) is 0 Å². The van der Waals surface area contributed by atoms with Crippen LogP contribution < -0.4 is 10.6 Å². The lowest BCUT2D eigenvalue weighted by Crippen LogP contribution is -2.30. The third-order valence-electron chi connectivity index (χ3n) is 2.47. The van der Waals surface area contributed by atoms with Gasteiger partial charge in [-0.25, -0.2) is 0 Å². The van der Waals surface area contributed by atoms with Gasteiger partial charge in [0.15, 0.2) is 0 Å². The van der Waals surface area contributed by atoms with Crippen LogP contribution in [0.3, 0.4) is 0 Å². The van der Waals surface area contributed by atoms with Crippen molar-refractivity contribution in [1.29, 1.82) is 0 Å². The van der Waals surface area contributed by atoms with Crippen molar-refractivity contribution in [2.75, 3.05) is 17.7 Å². The normalized spacial score (nSPS) is 12.6. The van der Waals surface area contributed by atoms with Crippen molar-refractivity contribution in [3.63, 3.8) is 0 Å². The summed E-state index contributed by atoms with van der Waals surface area (Å²) in [6, 6.07) is 4.63. The van der Waals surface area contributed by atoms with Crippen LogP contribution in [0.2, 0.25) is 0 Å². The summed E-state index contributed by atoms with van der Waals surface area (Å²) in [6.45, 7) is 2.18. The van der Waals surface area contributed by atoms with Crippen molar-refractivity contribution in [1.82, 2.24) is 9.36 Å². The second-order valence-electron chi connectivity index (χ2n) is 3.68. The van der Waals surface area contributed by atoms with Crippen molar-refractivity contribution in [3.05, 3.63) is 22.4 Å². The van der Waals surface area contributed by atoms with E-state index in [1.54, 1.807) is 11.3 Å². The van der Waals surface area contributed by atoms with E-state index in [4.69, 9.17) is 5.73 Å². The predicted octanol–water partition coefficient (Wildman–Crippen LogP) is 2.25. The molecule has 0 amide bonds. The maximum Gasteiger partial charge on any atom is 0.233 e. The number of likely N-dealkylation sites (N-methyl/N-ethyl adjacent to an activating group) is 1. The van der Waals surface area contributed by atoms with Gasteiger partial charge in [-0.1, -0.05) is 6.07 Å². The lowest BCUT2D eigenvalue weighted by atomic mass is 10.2. The molecule has 2 aromatic rings. The molecule has 2 aromatic heterocycles. The van der Waals surface area contributed by atoms with Gasteiger partial charge in [0.1, 0.15) is 0 Å². The van der Waals surface area contributed by atoms with E-state index >= 15 is 0 Å². The quantitative estimate of drug-likeness (QED) is 0.909. The van der Waals surface area contributed by atoms with Crippen molar-refractivity contribution in [2.45, 2.75) is 19.4 Å². The summed E-state index contributed by atoms with van der Waals surface area (Å²) < 4.78 is 3.99. The van der Waals surface area contributed by atoms with Crippen LogP contribution in [0.4, 0.5) is 11.1 Å². The van der Waals surface area contributed by atoms with Crippen LogP contribution in [-0.4, -0.2) is 22.4 Å². The molecule has 0 spiro atoms. The molecule has 0 aliphatic carbocycles. The molecule has 2 heterocycles. The predicted molar refractivity (Wildman–Crippen MR) is 70.2 cm³/mol. The van der Waals surface area contributed by atoms with Gasteiger partial charge in [0.05, 0.1) is 0 Å². The monoisotopic (exact) mass is 254 g/mol. The fraction of sp³-hybridized carbons (Fsp3) is 0.400. The van der Waals surface area contributed by atoms with Crippen molar-refractivity contribution < 1.29 is 0 Å². The van der Waals surface area contributed by atoms with Crippen LogP contribution in [0.1, 0.15) is 11.8 Å². The Morgan fingerprint density at radius 2 is 2.38 bits per heavy atom. The van der Waals surface area contributed by atoms with E-state index in [-0.39, 0.29) is 0 Å². The Hall–Kier alpha value is -1.14. The van der Waals surface area contributed by atoms with E-state index in [1.165, 1.54) is 16.4 Å². The fourth-order valence-electron chi connectivity index (χ4n) is 1.42. The van der Waals surface area contributed by atoms with E-state index in [1.807, 2.05) is 7.05 Å². The Kier molecular flexibility index (Phi) is 3.40. The van der Waals surface area contributed by atoms with Gasteiger partial charge in [0.2, 0.25) is 11.1 Å². The van der Waals surface area contributed by atoms with Gasteiger partial charge in [-0.05, 0) is 18.4 Å². The molecular weight excluding hydrogens is 240 g/mol. The summed E-state index contributed by atoms with van der Waals surface area (Å²) in [5.74, 6) is 0.357. The van der Waals surface area contributed by atoms with Gasteiger partial charge in [0.25, 0.3) is 0 Å². The molecule has 2 rings (SSSR count). The fourth-order valence-corrected chi connectivity index (χ4v) is 2.90. The van der Waals surface area contributed by atoms with Gasteiger partial charge in [0, 0.05) is 35.9 Å². The van der Waals surface area contributed by atoms with E-state index in [2.05, 4.69) is 38.7 Å². The summed E-state index contributed by atoms with van der Waals surface area (Å²) in [5, 5.41) is 2.98. The van der Waals surface area contributed by atoms with Crippen LogP contribution in [0.15, 0.2) is 17.5 Å². The van der Waals surface area contributed by atoms with Gasteiger partial charge in [-0.2, -0.15) is 9.36 Å².